The number of aromatic nitrogens is 4. The van der Waals surface area contributed by atoms with Gasteiger partial charge in [-0.2, -0.15) is 31.6 Å². The summed E-state index contributed by atoms with van der Waals surface area (Å²) in [5, 5.41) is 28.5. The van der Waals surface area contributed by atoms with Crippen LogP contribution in [-0.2, 0) is 31.4 Å². The van der Waals surface area contributed by atoms with Crippen LogP contribution in [0.25, 0.3) is 0 Å². The number of carbonyl (C=O) groups is 2. The number of nitrogens with zero attached hydrogens (tertiary/aromatic N) is 7. The first-order valence-electron chi connectivity index (χ1n) is 17.9. The van der Waals surface area contributed by atoms with Crippen molar-refractivity contribution in [3.63, 3.8) is 0 Å². The molecule has 6 rings (SSSR count). The molecule has 21 nitrogen and oxygen atoms in total. The SMILES string of the molecule is C.N#Cc1ncc(Cl)cc1[N+](=O)[O-].NC(=O)c1ncc(Cl)cc1N.NC(=O)c1ncc(Cl)cc1NS(=O)(=O)c1ccc(Cl)c(C(F)(F)F)c1.O=S(=O)(Cl)c1ccc(Cl)c(C(F)(F)F)c1.O=[N+]([O-])c1cc(Cl)cnc1Br. The Balaban J connectivity index is 0.000000489. The molecule has 75 heavy (non-hydrogen) atoms. The second-order valence-electron chi connectivity index (χ2n) is 12.8. The number of nitro groups is 2. The zero-order valence-corrected chi connectivity index (χ0v) is 43.6. The lowest BCUT2D eigenvalue weighted by molar-refractivity contribution is -0.386. The Morgan fingerprint density at radius 2 is 1.05 bits per heavy atom. The minimum atomic E-state index is -4.85. The van der Waals surface area contributed by atoms with Crippen molar-refractivity contribution in [3.8, 4) is 6.07 Å². The number of nitriles is 1. The molecule has 0 aliphatic carbocycles. The van der Waals surface area contributed by atoms with Crippen LogP contribution < -0.4 is 21.9 Å². The standard InChI is InChI=1S/C13H8Cl2F3N3O3S.C7H3Cl2F3O2S.C6H2ClN3O2.C6H6ClN3O.C5H2BrClN2O2.CH4/c14-6-3-10(11(12(19)22)20-5-6)21-25(23,24)7-1-2-9(15)8(4-7)13(16,17)18;8-6-2-1-4(15(9,13)14)3-5(6)7(10,11)12;7-4-1-6(10(11)12)5(2-8)9-3-4;7-3-1-4(8)5(6(9)11)10-2-3;6-5-4(9(10)11)1-3(7)2-8-5;/h1-5,21H,(H2,19,22);1-3H;1,3H;1-2H,8H2,(H2,9,11);1-2H;1H4. The van der Waals surface area contributed by atoms with Gasteiger partial charge in [-0.25, -0.2) is 36.8 Å². The van der Waals surface area contributed by atoms with Crippen LogP contribution in [0.4, 0.5) is 49.1 Å². The minimum Gasteiger partial charge on any atom is -0.397 e. The number of alkyl halides is 6. The molecule has 0 unspecified atom stereocenters. The monoisotopic (exact) mass is 1300 g/mol. The molecular weight excluding hydrogens is 1280 g/mol. The third-order valence-corrected chi connectivity index (χ3v) is 12.5. The van der Waals surface area contributed by atoms with Crippen molar-refractivity contribution in [2.45, 2.75) is 29.6 Å². The number of anilines is 2. The number of nitrogen functional groups attached to an aromatic ring is 1. The highest BCUT2D eigenvalue weighted by Crippen LogP contribution is 2.38. The summed E-state index contributed by atoms with van der Waals surface area (Å²) in [4.78, 5) is 54.2. The number of nitrogens with one attached hydrogen (secondary N) is 1. The fourth-order valence-corrected chi connectivity index (χ4v) is 7.83. The van der Waals surface area contributed by atoms with Gasteiger partial charge in [0.2, 0.25) is 5.69 Å². The Hall–Kier alpha value is -6.14. The average Bonchev–Trinajstić information content (AvgIpc) is 3.26. The molecular formula is C38H25BrCl7F6N11O10S2. The molecule has 0 spiro atoms. The van der Waals surface area contributed by atoms with Gasteiger partial charge in [0.05, 0.1) is 72.3 Å². The predicted octanol–water partition coefficient (Wildman–Crippen LogP) is 11.6. The molecule has 6 aromatic rings. The van der Waals surface area contributed by atoms with Crippen molar-refractivity contribution in [1.29, 1.82) is 5.26 Å². The van der Waals surface area contributed by atoms with Gasteiger partial charge in [0, 0.05) is 47.6 Å². The smallest absolute Gasteiger partial charge is 0.397 e. The average molecular weight is 1300 g/mol. The van der Waals surface area contributed by atoms with E-state index in [9.17, 15) is 73.0 Å². The Morgan fingerprint density at radius 1 is 0.653 bits per heavy atom. The minimum absolute atomic E-state index is 0. The Bertz CT molecular complexity index is 3410. The summed E-state index contributed by atoms with van der Waals surface area (Å²) in [5.41, 5.74) is 11.5. The third-order valence-electron chi connectivity index (χ3n) is 7.65. The first-order valence-corrected chi connectivity index (χ1v) is 24.8. The number of amides is 2. The Labute approximate surface area is 460 Å². The number of primary amides is 2. The van der Waals surface area contributed by atoms with Crippen LogP contribution in [0.1, 0.15) is 45.2 Å². The van der Waals surface area contributed by atoms with Gasteiger partial charge in [0.1, 0.15) is 6.07 Å². The fourth-order valence-electron chi connectivity index (χ4n) is 4.53. The van der Waals surface area contributed by atoms with E-state index >= 15 is 0 Å². The lowest BCUT2D eigenvalue weighted by Gasteiger charge is -2.13. The number of rotatable bonds is 8. The molecule has 37 heteroatoms. The van der Waals surface area contributed by atoms with E-state index in [2.05, 4.69) is 35.9 Å². The third kappa shape index (κ3) is 20.8. The first-order chi connectivity index (χ1) is 33.9. The zero-order chi connectivity index (χ0) is 56.8. The number of carbonyl (C=O) groups excluding carboxylic acids is 2. The number of halogens is 14. The quantitative estimate of drug-likeness (QED) is 0.0362. The van der Waals surface area contributed by atoms with Crippen LogP contribution in [0.2, 0.25) is 30.1 Å². The molecule has 0 fully saturated rings. The summed E-state index contributed by atoms with van der Waals surface area (Å²) in [6.07, 6.45) is -4.67. The van der Waals surface area contributed by atoms with Crippen molar-refractivity contribution in [2.75, 3.05) is 10.5 Å². The van der Waals surface area contributed by atoms with E-state index < -0.39 is 89.7 Å². The largest absolute Gasteiger partial charge is 0.417 e. The molecule has 0 saturated carbocycles. The highest BCUT2D eigenvalue weighted by atomic mass is 79.9. The van der Waals surface area contributed by atoms with E-state index in [1.165, 1.54) is 30.7 Å². The first kappa shape index (κ1) is 66.9. The van der Waals surface area contributed by atoms with E-state index in [1.807, 2.05) is 4.72 Å². The van der Waals surface area contributed by atoms with Crippen LogP contribution in [0.15, 0.2) is 99.8 Å². The highest BCUT2D eigenvalue weighted by Gasteiger charge is 2.36. The summed E-state index contributed by atoms with van der Waals surface area (Å²) in [6.45, 7) is 0. The van der Waals surface area contributed by atoms with Crippen molar-refractivity contribution >= 4 is 150 Å². The topological polar surface area (TPSA) is 354 Å². The number of hydrogen-bond donors (Lipinski definition) is 4. The number of hydrogen-bond acceptors (Lipinski definition) is 16. The van der Waals surface area contributed by atoms with Gasteiger partial charge >= 0.3 is 23.7 Å². The molecule has 0 aliphatic rings. The van der Waals surface area contributed by atoms with Crippen LogP contribution >= 0.6 is 96.2 Å². The summed E-state index contributed by atoms with van der Waals surface area (Å²) >= 11 is 35.8. The van der Waals surface area contributed by atoms with E-state index in [0.29, 0.717) is 17.2 Å². The van der Waals surface area contributed by atoms with Gasteiger partial charge in [0.15, 0.2) is 16.0 Å². The van der Waals surface area contributed by atoms with Crippen molar-refractivity contribution in [1.82, 2.24) is 19.9 Å². The predicted molar refractivity (Wildman–Crippen MR) is 268 cm³/mol. The van der Waals surface area contributed by atoms with Crippen LogP contribution in [0.5, 0.6) is 0 Å². The molecule has 4 aromatic heterocycles. The molecule has 0 saturated heterocycles. The number of nitrogens with two attached hydrogens (primary N) is 3. The molecule has 2 aromatic carbocycles. The molecule has 0 atom stereocenters. The number of pyridine rings is 4. The Morgan fingerprint density at radius 3 is 1.47 bits per heavy atom. The van der Waals surface area contributed by atoms with Gasteiger partial charge < -0.3 is 17.2 Å². The molecule has 7 N–H and O–H groups in total. The number of benzene rings is 2. The maximum Gasteiger partial charge on any atom is 0.417 e. The van der Waals surface area contributed by atoms with E-state index in [-0.39, 0.29) is 61.2 Å². The van der Waals surface area contributed by atoms with Crippen LogP contribution in [0.3, 0.4) is 0 Å². The van der Waals surface area contributed by atoms with E-state index in [4.69, 9.17) is 103 Å². The van der Waals surface area contributed by atoms with E-state index in [1.54, 1.807) is 6.07 Å². The molecule has 0 radical (unpaired) electrons. The highest BCUT2D eigenvalue weighted by molar-refractivity contribution is 9.10. The van der Waals surface area contributed by atoms with Crippen LogP contribution in [-0.4, -0.2) is 58.4 Å². The van der Waals surface area contributed by atoms with Crippen molar-refractivity contribution in [3.05, 3.63) is 169 Å². The second-order valence-corrected chi connectivity index (χ2v) is 20.4. The molecule has 402 valence electrons. The van der Waals surface area contributed by atoms with Gasteiger partial charge in [-0.3, -0.25) is 34.5 Å². The molecule has 0 aliphatic heterocycles. The summed E-state index contributed by atoms with van der Waals surface area (Å²) in [7, 11) is -3.79. The second kappa shape index (κ2) is 28.1. The fraction of sp³-hybridized carbons (Fsp3) is 0.0789. The van der Waals surface area contributed by atoms with Crippen LogP contribution in [0, 0.1) is 31.6 Å². The zero-order valence-electron chi connectivity index (χ0n) is 35.1. The maximum atomic E-state index is 12.9. The lowest BCUT2D eigenvalue weighted by atomic mass is 10.2. The van der Waals surface area contributed by atoms with Gasteiger partial charge in [0.25, 0.3) is 30.9 Å². The van der Waals surface area contributed by atoms with E-state index in [0.717, 1.165) is 42.6 Å². The number of sulfonamides is 1. The normalized spacial score (nSPS) is 10.8. The molecule has 2 amide bonds. The lowest BCUT2D eigenvalue weighted by Crippen LogP contribution is -2.20. The molecule has 0 bridgehead atoms. The van der Waals surface area contributed by atoms with Gasteiger partial charge in [-0.15, -0.1) is 0 Å². The van der Waals surface area contributed by atoms with Gasteiger partial charge in [-0.1, -0.05) is 77.0 Å². The van der Waals surface area contributed by atoms with Crippen molar-refractivity contribution in [2.24, 2.45) is 11.5 Å². The summed E-state index contributed by atoms with van der Waals surface area (Å²) in [6, 6.07) is 10.6. The maximum absolute atomic E-state index is 12.9. The summed E-state index contributed by atoms with van der Waals surface area (Å²) in [5.74, 6) is -1.71. The van der Waals surface area contributed by atoms with Gasteiger partial charge in [-0.05, 0) is 64.5 Å². The Kier molecular flexibility index (Phi) is 25.1. The summed E-state index contributed by atoms with van der Waals surface area (Å²) < 4.78 is 124. The molecule has 4 heterocycles. The van der Waals surface area contributed by atoms with Crippen molar-refractivity contribution < 1.29 is 62.6 Å².